The van der Waals surface area contributed by atoms with Crippen LogP contribution in [0.25, 0.3) is 0 Å². The minimum atomic E-state index is -0.731. The third-order valence-corrected chi connectivity index (χ3v) is 12.2. The van der Waals surface area contributed by atoms with Gasteiger partial charge in [-0.25, -0.2) is 0 Å². The van der Waals surface area contributed by atoms with Crippen molar-refractivity contribution in [1.82, 2.24) is 0 Å². The number of amides is 4. The molecule has 4 aliphatic heterocycles. The Hall–Kier alpha value is -5.20. The number of fused-ring (bicyclic) bond motifs is 4. The van der Waals surface area contributed by atoms with Gasteiger partial charge in [0.05, 0.1) is 68.6 Å². The summed E-state index contributed by atoms with van der Waals surface area (Å²) in [5.41, 5.74) is 4.63. The normalized spacial score (nSPS) is 28.5. The Bertz CT molecular complexity index is 1990. The molecular weight excluding hydrogens is 676 g/mol. The summed E-state index contributed by atoms with van der Waals surface area (Å²) in [7, 11) is 1.47. The molecule has 0 spiro atoms. The Morgan fingerprint density at radius 1 is 0.623 bits per heavy atom. The summed E-state index contributed by atoms with van der Waals surface area (Å²) < 4.78 is 16.5. The van der Waals surface area contributed by atoms with Gasteiger partial charge < -0.3 is 29.1 Å². The number of imide groups is 2. The number of benzene rings is 3. The Morgan fingerprint density at radius 3 is 1.68 bits per heavy atom. The van der Waals surface area contributed by atoms with Crippen LogP contribution in [0.4, 0.5) is 22.7 Å². The van der Waals surface area contributed by atoms with Gasteiger partial charge in [-0.1, -0.05) is 17.7 Å². The number of aromatic hydroxyl groups is 1. The summed E-state index contributed by atoms with van der Waals surface area (Å²) in [4.78, 5) is 64.7. The van der Waals surface area contributed by atoms with Gasteiger partial charge in [-0.2, -0.15) is 0 Å². The monoisotopic (exact) mass is 718 g/mol. The van der Waals surface area contributed by atoms with Gasteiger partial charge in [0.1, 0.15) is 0 Å². The van der Waals surface area contributed by atoms with Crippen LogP contribution in [0.1, 0.15) is 24.3 Å². The molecule has 5 fully saturated rings. The van der Waals surface area contributed by atoms with E-state index < -0.39 is 35.5 Å². The van der Waals surface area contributed by atoms with E-state index in [4.69, 9.17) is 14.2 Å². The van der Waals surface area contributed by atoms with E-state index in [9.17, 15) is 24.3 Å². The molecular formula is C41H42N4O8. The Morgan fingerprint density at radius 2 is 1.13 bits per heavy atom. The van der Waals surface area contributed by atoms with Crippen molar-refractivity contribution < 1.29 is 38.5 Å². The molecule has 0 aromatic heterocycles. The predicted molar refractivity (Wildman–Crippen MR) is 196 cm³/mol. The molecule has 0 unspecified atom stereocenters. The van der Waals surface area contributed by atoms with E-state index in [0.29, 0.717) is 49.8 Å². The number of phenolic OH excluding ortho intramolecular Hbond substituents is 1. The number of allylic oxidation sites excluding steroid dienone is 2. The van der Waals surface area contributed by atoms with Crippen molar-refractivity contribution in [2.75, 3.05) is 79.3 Å². The number of ether oxygens (including phenoxy) is 3. The zero-order valence-electron chi connectivity index (χ0n) is 29.6. The molecule has 2 aliphatic carbocycles. The number of carbonyl (C=O) groups is 4. The summed E-state index contributed by atoms with van der Waals surface area (Å²) in [6, 6.07) is 20.1. The fraction of sp³-hybridized carbons (Fsp3) is 0.415. The molecule has 53 heavy (non-hydrogen) atoms. The molecule has 6 aliphatic rings. The molecule has 4 heterocycles. The number of anilines is 4. The molecule has 12 heteroatoms. The van der Waals surface area contributed by atoms with Crippen LogP contribution in [-0.4, -0.2) is 88.5 Å². The number of hydrogen-bond donors (Lipinski definition) is 1. The maximum atomic E-state index is 14.6. The lowest BCUT2D eigenvalue weighted by Crippen LogP contribution is -2.43. The van der Waals surface area contributed by atoms with Crippen molar-refractivity contribution in [3.05, 3.63) is 83.9 Å². The van der Waals surface area contributed by atoms with Gasteiger partial charge in [0.2, 0.25) is 23.6 Å². The van der Waals surface area contributed by atoms with Crippen molar-refractivity contribution in [3.8, 4) is 11.5 Å². The van der Waals surface area contributed by atoms with Crippen LogP contribution >= 0.6 is 0 Å². The van der Waals surface area contributed by atoms with Gasteiger partial charge in [-0.3, -0.25) is 29.0 Å². The first-order chi connectivity index (χ1) is 25.8. The van der Waals surface area contributed by atoms with Crippen molar-refractivity contribution >= 4 is 46.4 Å². The van der Waals surface area contributed by atoms with Gasteiger partial charge in [0, 0.05) is 43.5 Å². The predicted octanol–water partition coefficient (Wildman–Crippen LogP) is 4.12. The molecule has 9 rings (SSSR count). The van der Waals surface area contributed by atoms with Crippen molar-refractivity contribution in [3.63, 3.8) is 0 Å². The van der Waals surface area contributed by atoms with Gasteiger partial charge in [0.15, 0.2) is 11.5 Å². The number of rotatable bonds is 6. The maximum absolute atomic E-state index is 14.6. The van der Waals surface area contributed by atoms with Crippen LogP contribution in [0.2, 0.25) is 0 Å². The number of methoxy groups -OCH3 is 1. The van der Waals surface area contributed by atoms with Crippen LogP contribution < -0.4 is 24.3 Å². The molecule has 4 amide bonds. The molecule has 4 saturated heterocycles. The molecule has 1 N–H and O–H groups in total. The average Bonchev–Trinajstić information content (AvgIpc) is 3.61. The highest BCUT2D eigenvalue weighted by Crippen LogP contribution is 2.59. The lowest BCUT2D eigenvalue weighted by molar-refractivity contribution is -0.126. The van der Waals surface area contributed by atoms with Gasteiger partial charge >= 0.3 is 0 Å². The highest BCUT2D eigenvalue weighted by molar-refractivity contribution is 6.24. The minimum Gasteiger partial charge on any atom is -0.504 e. The summed E-state index contributed by atoms with van der Waals surface area (Å²) >= 11 is 0. The third-order valence-electron chi connectivity index (χ3n) is 12.2. The largest absolute Gasteiger partial charge is 0.504 e. The van der Waals surface area contributed by atoms with E-state index in [-0.39, 0.29) is 41.5 Å². The van der Waals surface area contributed by atoms with E-state index in [1.165, 1.54) is 23.0 Å². The molecule has 12 nitrogen and oxygen atoms in total. The van der Waals surface area contributed by atoms with Crippen molar-refractivity contribution in [2.24, 2.45) is 29.6 Å². The molecule has 3 aromatic rings. The Labute approximate surface area is 307 Å². The van der Waals surface area contributed by atoms with E-state index in [2.05, 4.69) is 9.80 Å². The summed E-state index contributed by atoms with van der Waals surface area (Å²) in [6.07, 6.45) is 2.65. The lowest BCUT2D eigenvalue weighted by atomic mass is 9.57. The quantitative estimate of drug-likeness (QED) is 0.294. The first kappa shape index (κ1) is 33.6. The smallest absolute Gasteiger partial charge is 0.238 e. The van der Waals surface area contributed by atoms with Gasteiger partial charge in [-0.15, -0.1) is 0 Å². The third kappa shape index (κ3) is 5.49. The van der Waals surface area contributed by atoms with E-state index >= 15 is 0 Å². The minimum absolute atomic E-state index is 0.0412. The van der Waals surface area contributed by atoms with Crippen molar-refractivity contribution in [1.29, 1.82) is 0 Å². The molecule has 3 aromatic carbocycles. The fourth-order valence-electron chi connectivity index (χ4n) is 9.63. The lowest BCUT2D eigenvalue weighted by Gasteiger charge is -2.44. The maximum Gasteiger partial charge on any atom is 0.238 e. The van der Waals surface area contributed by atoms with Gasteiger partial charge in [0.25, 0.3) is 0 Å². The summed E-state index contributed by atoms with van der Waals surface area (Å²) in [6.45, 7) is 5.66. The topological polar surface area (TPSA) is 129 Å². The SMILES string of the molecule is COc1cc([C@H]2C3=CC[C@@H]4C(=O)N(c5ccc(N6CCOCC6)cc5)C(=O)[C@@H]4[C@@H]3C[C@H]3C(=O)N(c4ccc(N5CCOCC5)cc4)C(=O)[C@@H]23)ccc1O. The van der Waals surface area contributed by atoms with E-state index in [1.54, 1.807) is 12.1 Å². The van der Waals surface area contributed by atoms with Crippen LogP contribution in [0, 0.1) is 29.6 Å². The van der Waals surface area contributed by atoms with E-state index in [0.717, 1.165) is 43.1 Å². The second-order valence-corrected chi connectivity index (χ2v) is 14.7. The number of carbonyl (C=O) groups excluding carboxylic acids is 4. The Kier molecular flexibility index (Phi) is 8.46. The van der Waals surface area contributed by atoms with E-state index in [1.807, 2.05) is 54.6 Å². The summed E-state index contributed by atoms with van der Waals surface area (Å²) in [5.74, 6) is -4.59. The van der Waals surface area contributed by atoms with Gasteiger partial charge in [-0.05, 0) is 85.0 Å². The van der Waals surface area contributed by atoms with Crippen LogP contribution in [-0.2, 0) is 28.7 Å². The number of nitrogens with zero attached hydrogens (tertiary/aromatic N) is 4. The van der Waals surface area contributed by atoms with Crippen LogP contribution in [0.5, 0.6) is 11.5 Å². The zero-order valence-corrected chi connectivity index (χ0v) is 29.6. The number of morpholine rings is 2. The molecule has 1 saturated carbocycles. The van der Waals surface area contributed by atoms with Crippen LogP contribution in [0.15, 0.2) is 78.4 Å². The average molecular weight is 719 g/mol. The standard InChI is InChI=1S/C41H42N4O8/c1-51-34-22-24(2-13-33(34)46)35-29-11-12-30-36(40(49)44(38(30)47)27-7-3-25(4-8-27)42-14-18-52-19-15-42)31(29)23-32-37(35)41(50)45(39(32)48)28-9-5-26(6-10-28)43-16-20-53-21-17-43/h2-11,13,22,30-32,35-37,46H,12,14-21,23H2,1H3/t30-,31+,32+,35-,36-,37+/m0/s1. The Balaban J connectivity index is 1.06. The highest BCUT2D eigenvalue weighted by atomic mass is 16.5. The molecule has 0 bridgehead atoms. The first-order valence-corrected chi connectivity index (χ1v) is 18.5. The second-order valence-electron chi connectivity index (χ2n) is 14.7. The molecule has 274 valence electrons. The first-order valence-electron chi connectivity index (χ1n) is 18.5. The fourth-order valence-corrected chi connectivity index (χ4v) is 9.63. The molecule has 0 radical (unpaired) electrons. The zero-order chi connectivity index (χ0) is 36.4. The highest BCUT2D eigenvalue weighted by Gasteiger charge is 2.62. The molecule has 6 atom stereocenters. The summed E-state index contributed by atoms with van der Waals surface area (Å²) in [5, 5.41) is 10.5. The number of hydrogen-bond acceptors (Lipinski definition) is 10. The van der Waals surface area contributed by atoms with Crippen molar-refractivity contribution in [2.45, 2.75) is 18.8 Å². The second kappa shape index (κ2) is 13.3. The van der Waals surface area contributed by atoms with Crippen LogP contribution in [0.3, 0.4) is 0 Å². The number of phenols is 1.